The SMILES string of the molecule is CC1CC(C)CN(S(=O)(=O)CCOc2cccc(N)c2)C1. The maximum absolute atomic E-state index is 12.4. The molecule has 118 valence electrons. The van der Waals surface area contributed by atoms with Crippen molar-refractivity contribution >= 4 is 15.7 Å². The molecule has 1 aromatic rings. The second-order valence-electron chi connectivity index (χ2n) is 6.00. The third kappa shape index (κ3) is 4.61. The molecule has 2 rings (SSSR count). The molecule has 0 aromatic heterocycles. The van der Waals surface area contributed by atoms with Gasteiger partial charge < -0.3 is 10.5 Å². The monoisotopic (exact) mass is 312 g/mol. The van der Waals surface area contributed by atoms with Crippen LogP contribution in [-0.2, 0) is 10.0 Å². The molecule has 1 aliphatic rings. The van der Waals surface area contributed by atoms with E-state index in [2.05, 4.69) is 13.8 Å². The second kappa shape index (κ2) is 6.66. The lowest BCUT2D eigenvalue weighted by Gasteiger charge is -2.34. The molecule has 1 fully saturated rings. The normalized spacial score (nSPS) is 23.9. The van der Waals surface area contributed by atoms with E-state index in [1.807, 2.05) is 0 Å². The van der Waals surface area contributed by atoms with Crippen molar-refractivity contribution in [1.82, 2.24) is 4.31 Å². The van der Waals surface area contributed by atoms with Crippen LogP contribution >= 0.6 is 0 Å². The fraction of sp³-hybridized carbons (Fsp3) is 0.600. The van der Waals surface area contributed by atoms with E-state index in [0.29, 0.717) is 36.4 Å². The van der Waals surface area contributed by atoms with E-state index >= 15 is 0 Å². The fourth-order valence-corrected chi connectivity index (χ4v) is 4.35. The average Bonchev–Trinajstić information content (AvgIpc) is 2.37. The molecule has 0 saturated carbocycles. The van der Waals surface area contributed by atoms with Crippen LogP contribution in [0.25, 0.3) is 0 Å². The number of anilines is 1. The lowest BCUT2D eigenvalue weighted by atomic mass is 9.94. The molecule has 21 heavy (non-hydrogen) atoms. The van der Waals surface area contributed by atoms with E-state index in [-0.39, 0.29) is 12.4 Å². The van der Waals surface area contributed by atoms with Crippen molar-refractivity contribution in [1.29, 1.82) is 0 Å². The fourth-order valence-electron chi connectivity index (χ4n) is 2.83. The number of ether oxygens (including phenoxy) is 1. The molecule has 0 aliphatic carbocycles. The predicted octanol–water partition coefficient (Wildman–Crippen LogP) is 1.96. The zero-order valence-electron chi connectivity index (χ0n) is 12.7. The Balaban J connectivity index is 1.89. The molecule has 2 atom stereocenters. The Labute approximate surface area is 127 Å². The minimum atomic E-state index is -3.25. The first-order valence-electron chi connectivity index (χ1n) is 7.33. The Morgan fingerprint density at radius 2 is 1.95 bits per heavy atom. The third-order valence-corrected chi connectivity index (χ3v) is 5.46. The first-order chi connectivity index (χ1) is 9.87. The molecular weight excluding hydrogens is 288 g/mol. The van der Waals surface area contributed by atoms with Crippen LogP contribution in [0.4, 0.5) is 5.69 Å². The molecule has 1 aromatic carbocycles. The molecule has 5 nitrogen and oxygen atoms in total. The van der Waals surface area contributed by atoms with Gasteiger partial charge in [0.15, 0.2) is 0 Å². The lowest BCUT2D eigenvalue weighted by molar-refractivity contribution is 0.221. The molecule has 1 saturated heterocycles. The minimum absolute atomic E-state index is 0.00123. The summed E-state index contributed by atoms with van der Waals surface area (Å²) in [6.07, 6.45) is 1.09. The summed E-state index contributed by atoms with van der Waals surface area (Å²) in [6, 6.07) is 7.01. The number of nitrogen functional groups attached to an aromatic ring is 1. The molecule has 0 radical (unpaired) electrons. The van der Waals surface area contributed by atoms with Gasteiger partial charge in [0.2, 0.25) is 10.0 Å². The van der Waals surface area contributed by atoms with Gasteiger partial charge in [-0.3, -0.25) is 0 Å². The summed E-state index contributed by atoms with van der Waals surface area (Å²) in [6.45, 7) is 5.57. The highest BCUT2D eigenvalue weighted by atomic mass is 32.2. The molecule has 0 spiro atoms. The molecular formula is C15H24N2O3S. The Morgan fingerprint density at radius 3 is 2.57 bits per heavy atom. The van der Waals surface area contributed by atoms with Gasteiger partial charge in [-0.05, 0) is 30.4 Å². The predicted molar refractivity (Wildman–Crippen MR) is 84.7 cm³/mol. The van der Waals surface area contributed by atoms with Crippen LogP contribution in [0, 0.1) is 11.8 Å². The number of benzene rings is 1. The molecule has 1 aliphatic heterocycles. The average molecular weight is 312 g/mol. The van der Waals surface area contributed by atoms with Gasteiger partial charge in [0.05, 0.1) is 5.75 Å². The molecule has 0 amide bonds. The Hall–Kier alpha value is -1.27. The van der Waals surface area contributed by atoms with Gasteiger partial charge in [-0.25, -0.2) is 12.7 Å². The summed E-state index contributed by atoms with van der Waals surface area (Å²) in [5, 5.41) is 0. The Morgan fingerprint density at radius 1 is 1.29 bits per heavy atom. The van der Waals surface area contributed by atoms with E-state index in [1.54, 1.807) is 28.6 Å². The lowest BCUT2D eigenvalue weighted by Crippen LogP contribution is -2.44. The smallest absolute Gasteiger partial charge is 0.217 e. The summed E-state index contributed by atoms with van der Waals surface area (Å²) >= 11 is 0. The first kappa shape index (κ1) is 16.1. The van der Waals surface area contributed by atoms with E-state index < -0.39 is 10.0 Å². The van der Waals surface area contributed by atoms with Crippen LogP contribution in [0.3, 0.4) is 0 Å². The van der Waals surface area contributed by atoms with Gasteiger partial charge >= 0.3 is 0 Å². The summed E-state index contributed by atoms with van der Waals surface area (Å²) < 4.78 is 31.8. The summed E-state index contributed by atoms with van der Waals surface area (Å²) in [7, 11) is -3.25. The van der Waals surface area contributed by atoms with Crippen LogP contribution in [0.2, 0.25) is 0 Å². The van der Waals surface area contributed by atoms with Crippen molar-refractivity contribution in [2.75, 3.05) is 31.2 Å². The molecule has 2 N–H and O–H groups in total. The summed E-state index contributed by atoms with van der Waals surface area (Å²) in [5.41, 5.74) is 6.26. The van der Waals surface area contributed by atoms with Crippen molar-refractivity contribution in [3.05, 3.63) is 24.3 Å². The molecule has 0 bridgehead atoms. The van der Waals surface area contributed by atoms with Crippen LogP contribution in [-0.4, -0.2) is 38.2 Å². The van der Waals surface area contributed by atoms with Crippen molar-refractivity contribution in [2.45, 2.75) is 20.3 Å². The second-order valence-corrected chi connectivity index (χ2v) is 8.09. The minimum Gasteiger partial charge on any atom is -0.492 e. The highest BCUT2D eigenvalue weighted by molar-refractivity contribution is 7.89. The molecule has 2 unspecified atom stereocenters. The van der Waals surface area contributed by atoms with Gasteiger partial charge in [-0.15, -0.1) is 0 Å². The number of hydrogen-bond donors (Lipinski definition) is 1. The number of piperidine rings is 1. The summed E-state index contributed by atoms with van der Waals surface area (Å²) in [4.78, 5) is 0. The zero-order valence-corrected chi connectivity index (χ0v) is 13.5. The number of nitrogens with zero attached hydrogens (tertiary/aromatic N) is 1. The van der Waals surface area contributed by atoms with Crippen molar-refractivity contribution in [3.8, 4) is 5.75 Å². The molecule has 6 heteroatoms. The first-order valence-corrected chi connectivity index (χ1v) is 8.94. The van der Waals surface area contributed by atoms with E-state index in [4.69, 9.17) is 10.5 Å². The van der Waals surface area contributed by atoms with Crippen molar-refractivity contribution in [3.63, 3.8) is 0 Å². The largest absolute Gasteiger partial charge is 0.492 e. The van der Waals surface area contributed by atoms with Crippen molar-refractivity contribution < 1.29 is 13.2 Å². The van der Waals surface area contributed by atoms with Gasteiger partial charge in [0.25, 0.3) is 0 Å². The van der Waals surface area contributed by atoms with E-state index in [1.165, 1.54) is 0 Å². The van der Waals surface area contributed by atoms with Crippen LogP contribution in [0.1, 0.15) is 20.3 Å². The van der Waals surface area contributed by atoms with Gasteiger partial charge in [-0.2, -0.15) is 0 Å². The third-order valence-electron chi connectivity index (χ3n) is 3.70. The zero-order chi connectivity index (χ0) is 15.5. The van der Waals surface area contributed by atoms with Gasteiger partial charge in [0.1, 0.15) is 12.4 Å². The summed E-state index contributed by atoms with van der Waals surface area (Å²) in [5.74, 6) is 1.43. The highest BCUT2D eigenvalue weighted by Crippen LogP contribution is 2.23. The number of rotatable bonds is 5. The van der Waals surface area contributed by atoms with Gasteiger partial charge in [0, 0.05) is 24.8 Å². The topological polar surface area (TPSA) is 72.6 Å². The maximum Gasteiger partial charge on any atom is 0.217 e. The maximum atomic E-state index is 12.4. The van der Waals surface area contributed by atoms with Crippen LogP contribution in [0.5, 0.6) is 5.75 Å². The number of hydrogen-bond acceptors (Lipinski definition) is 4. The Bertz CT molecular complexity index is 564. The van der Waals surface area contributed by atoms with E-state index in [0.717, 1.165) is 6.42 Å². The Kier molecular flexibility index (Phi) is 5.11. The quantitative estimate of drug-likeness (QED) is 0.844. The van der Waals surface area contributed by atoms with E-state index in [9.17, 15) is 8.42 Å². The standard InChI is InChI=1S/C15H24N2O3S/c1-12-8-13(2)11-17(10-12)21(18,19)7-6-20-15-5-3-4-14(16)9-15/h3-5,9,12-13H,6-8,10-11,16H2,1-2H3. The number of nitrogens with two attached hydrogens (primary N) is 1. The van der Waals surface area contributed by atoms with Crippen molar-refractivity contribution in [2.24, 2.45) is 11.8 Å². The number of sulfonamides is 1. The van der Waals surface area contributed by atoms with Gasteiger partial charge in [-0.1, -0.05) is 19.9 Å². The van der Waals surface area contributed by atoms with Crippen LogP contribution < -0.4 is 10.5 Å². The van der Waals surface area contributed by atoms with Crippen LogP contribution in [0.15, 0.2) is 24.3 Å². The highest BCUT2D eigenvalue weighted by Gasteiger charge is 2.30. The molecule has 1 heterocycles.